The molecule has 0 amide bonds. The van der Waals surface area contributed by atoms with Crippen LogP contribution in [-0.2, 0) is 0 Å². The Morgan fingerprint density at radius 2 is 1.71 bits per heavy atom. The van der Waals surface area contributed by atoms with E-state index in [1.807, 2.05) is 24.3 Å². The predicted molar refractivity (Wildman–Crippen MR) is 87.1 cm³/mol. The minimum absolute atomic E-state index is 0.257. The van der Waals surface area contributed by atoms with Crippen LogP contribution in [-0.4, -0.2) is 5.16 Å². The SMILES string of the molecule is Nc1noc(-c2cccc(F)c2Br)c1-c1ccccc1Br. The fraction of sp³-hybridized carbons (Fsp3) is 0. The molecule has 2 aromatic carbocycles. The molecule has 3 rings (SSSR count). The third-order valence-electron chi connectivity index (χ3n) is 3.06. The Morgan fingerprint density at radius 1 is 1.00 bits per heavy atom. The Bertz CT molecular complexity index is 817. The average molecular weight is 412 g/mol. The number of halogens is 3. The molecule has 0 unspecified atom stereocenters. The molecule has 0 spiro atoms. The van der Waals surface area contributed by atoms with Gasteiger partial charge >= 0.3 is 0 Å². The quantitative estimate of drug-likeness (QED) is 0.626. The van der Waals surface area contributed by atoms with E-state index >= 15 is 0 Å². The zero-order chi connectivity index (χ0) is 15.0. The van der Waals surface area contributed by atoms with Crippen molar-refractivity contribution in [3.8, 4) is 22.5 Å². The van der Waals surface area contributed by atoms with Crippen LogP contribution in [0.5, 0.6) is 0 Å². The summed E-state index contributed by atoms with van der Waals surface area (Å²) in [5, 5.41) is 3.82. The minimum Gasteiger partial charge on any atom is -0.380 e. The first kappa shape index (κ1) is 14.3. The summed E-state index contributed by atoms with van der Waals surface area (Å²) < 4.78 is 20.2. The van der Waals surface area contributed by atoms with Gasteiger partial charge in [-0.3, -0.25) is 0 Å². The van der Waals surface area contributed by atoms with E-state index in [2.05, 4.69) is 37.0 Å². The van der Waals surface area contributed by atoms with E-state index in [9.17, 15) is 4.39 Å². The van der Waals surface area contributed by atoms with E-state index < -0.39 is 0 Å². The molecule has 21 heavy (non-hydrogen) atoms. The van der Waals surface area contributed by atoms with Crippen molar-refractivity contribution in [1.82, 2.24) is 5.16 Å². The summed E-state index contributed by atoms with van der Waals surface area (Å²) in [6.45, 7) is 0. The Kier molecular flexibility index (Phi) is 3.82. The Balaban J connectivity index is 2.28. The number of rotatable bonds is 2. The second-order valence-corrected chi connectivity index (χ2v) is 6.00. The lowest BCUT2D eigenvalue weighted by atomic mass is 10.0. The summed E-state index contributed by atoms with van der Waals surface area (Å²) in [6.07, 6.45) is 0. The maximum absolute atomic E-state index is 13.7. The predicted octanol–water partition coefficient (Wildman–Crippen LogP) is 5.25. The van der Waals surface area contributed by atoms with Crippen molar-refractivity contribution < 1.29 is 8.91 Å². The molecule has 0 aliphatic heterocycles. The normalized spacial score (nSPS) is 10.8. The van der Waals surface area contributed by atoms with E-state index in [1.54, 1.807) is 12.1 Å². The highest BCUT2D eigenvalue weighted by atomic mass is 79.9. The molecule has 1 aromatic heterocycles. The molecule has 0 saturated carbocycles. The molecule has 0 saturated heterocycles. The van der Waals surface area contributed by atoms with E-state index in [1.165, 1.54) is 6.07 Å². The molecule has 1 heterocycles. The van der Waals surface area contributed by atoms with Gasteiger partial charge in [-0.1, -0.05) is 45.4 Å². The van der Waals surface area contributed by atoms with Crippen LogP contribution >= 0.6 is 31.9 Å². The molecule has 0 fully saturated rings. The molecule has 2 N–H and O–H groups in total. The fourth-order valence-corrected chi connectivity index (χ4v) is 3.02. The maximum Gasteiger partial charge on any atom is 0.178 e. The van der Waals surface area contributed by atoms with Crippen molar-refractivity contribution in [2.24, 2.45) is 0 Å². The summed E-state index contributed by atoms with van der Waals surface area (Å²) in [5.74, 6) is 0.305. The Morgan fingerprint density at radius 3 is 2.48 bits per heavy atom. The first-order valence-corrected chi connectivity index (χ1v) is 7.62. The van der Waals surface area contributed by atoms with Crippen LogP contribution in [0.3, 0.4) is 0 Å². The number of nitrogens with zero attached hydrogens (tertiary/aromatic N) is 1. The lowest BCUT2D eigenvalue weighted by Gasteiger charge is -2.07. The van der Waals surface area contributed by atoms with Crippen LogP contribution < -0.4 is 5.73 Å². The molecule has 0 atom stereocenters. The monoisotopic (exact) mass is 410 g/mol. The molecule has 0 radical (unpaired) electrons. The van der Waals surface area contributed by atoms with Gasteiger partial charge in [0.2, 0.25) is 0 Å². The average Bonchev–Trinajstić information content (AvgIpc) is 2.84. The number of nitrogens with two attached hydrogens (primary N) is 1. The third-order valence-corrected chi connectivity index (χ3v) is 4.56. The van der Waals surface area contributed by atoms with Crippen LogP contribution in [0, 0.1) is 5.82 Å². The molecule has 0 aliphatic rings. The second-order valence-electron chi connectivity index (χ2n) is 4.35. The number of aromatic nitrogens is 1. The van der Waals surface area contributed by atoms with Gasteiger partial charge in [-0.15, -0.1) is 0 Å². The van der Waals surface area contributed by atoms with Gasteiger partial charge in [0.25, 0.3) is 0 Å². The maximum atomic E-state index is 13.7. The van der Waals surface area contributed by atoms with Crippen LogP contribution in [0.1, 0.15) is 0 Å². The van der Waals surface area contributed by atoms with Gasteiger partial charge in [0, 0.05) is 15.6 Å². The van der Waals surface area contributed by atoms with E-state index in [0.29, 0.717) is 21.4 Å². The summed E-state index contributed by atoms with van der Waals surface area (Å²) in [4.78, 5) is 0. The summed E-state index contributed by atoms with van der Waals surface area (Å²) >= 11 is 6.72. The Hall–Kier alpha value is -1.66. The number of anilines is 1. The van der Waals surface area contributed by atoms with Gasteiger partial charge in [-0.25, -0.2) is 4.39 Å². The van der Waals surface area contributed by atoms with E-state index in [4.69, 9.17) is 10.3 Å². The molecule has 0 aliphatic carbocycles. The summed E-state index contributed by atoms with van der Waals surface area (Å²) in [6, 6.07) is 12.3. The highest BCUT2D eigenvalue weighted by Gasteiger charge is 2.22. The van der Waals surface area contributed by atoms with Gasteiger partial charge in [0.15, 0.2) is 11.6 Å². The van der Waals surface area contributed by atoms with Crippen molar-refractivity contribution in [2.45, 2.75) is 0 Å². The van der Waals surface area contributed by atoms with Crippen molar-refractivity contribution >= 4 is 37.7 Å². The highest BCUT2D eigenvalue weighted by molar-refractivity contribution is 9.11. The number of nitrogen functional groups attached to an aromatic ring is 1. The molecule has 3 aromatic rings. The molecular formula is C15H9Br2FN2O. The van der Waals surface area contributed by atoms with Crippen molar-refractivity contribution in [3.05, 3.63) is 57.2 Å². The number of hydrogen-bond donors (Lipinski definition) is 1. The zero-order valence-corrected chi connectivity index (χ0v) is 13.8. The van der Waals surface area contributed by atoms with Crippen LogP contribution in [0.25, 0.3) is 22.5 Å². The van der Waals surface area contributed by atoms with Gasteiger partial charge in [-0.05, 0) is 34.1 Å². The molecule has 0 bridgehead atoms. The van der Waals surface area contributed by atoms with Crippen LogP contribution in [0.4, 0.5) is 10.2 Å². The second kappa shape index (κ2) is 5.61. The Labute approximate surface area is 137 Å². The van der Waals surface area contributed by atoms with Gasteiger partial charge in [-0.2, -0.15) is 0 Å². The van der Waals surface area contributed by atoms with Gasteiger partial charge in [0.05, 0.1) is 10.0 Å². The molecule has 3 nitrogen and oxygen atoms in total. The van der Waals surface area contributed by atoms with Crippen molar-refractivity contribution in [1.29, 1.82) is 0 Å². The lowest BCUT2D eigenvalue weighted by Crippen LogP contribution is -1.90. The van der Waals surface area contributed by atoms with Gasteiger partial charge < -0.3 is 10.3 Å². The highest BCUT2D eigenvalue weighted by Crippen LogP contribution is 2.42. The van der Waals surface area contributed by atoms with Crippen molar-refractivity contribution in [2.75, 3.05) is 5.73 Å². The van der Waals surface area contributed by atoms with Crippen LogP contribution in [0.2, 0.25) is 0 Å². The molecule has 6 heteroatoms. The van der Waals surface area contributed by atoms with Gasteiger partial charge in [0.1, 0.15) is 5.82 Å². The van der Waals surface area contributed by atoms with E-state index in [-0.39, 0.29) is 11.6 Å². The largest absolute Gasteiger partial charge is 0.380 e. The summed E-state index contributed by atoms with van der Waals surface area (Å²) in [7, 11) is 0. The summed E-state index contributed by atoms with van der Waals surface area (Å²) in [5.41, 5.74) is 7.96. The van der Waals surface area contributed by atoms with Crippen molar-refractivity contribution in [3.63, 3.8) is 0 Å². The topological polar surface area (TPSA) is 52.0 Å². The molecule has 106 valence electrons. The number of hydrogen-bond acceptors (Lipinski definition) is 3. The number of benzene rings is 2. The minimum atomic E-state index is -0.374. The van der Waals surface area contributed by atoms with E-state index in [0.717, 1.165) is 10.0 Å². The smallest absolute Gasteiger partial charge is 0.178 e. The molecular weight excluding hydrogens is 403 g/mol. The van der Waals surface area contributed by atoms with Crippen LogP contribution in [0.15, 0.2) is 55.9 Å². The lowest BCUT2D eigenvalue weighted by molar-refractivity contribution is 0.435. The first-order chi connectivity index (χ1) is 10.1. The fourth-order valence-electron chi connectivity index (χ4n) is 2.09. The first-order valence-electron chi connectivity index (χ1n) is 6.04. The third kappa shape index (κ3) is 2.49. The standard InChI is InChI=1S/C15H9Br2FN2O/c16-10-6-2-1-4-8(10)12-14(21-20-15(12)19)9-5-3-7-11(18)13(9)17/h1-7H,(H2,19,20). The zero-order valence-electron chi connectivity index (χ0n) is 10.6.